The summed E-state index contributed by atoms with van der Waals surface area (Å²) in [6.07, 6.45) is 3.77. The minimum absolute atomic E-state index is 0.105. The van der Waals surface area contributed by atoms with Crippen LogP contribution in [-0.4, -0.2) is 49.5 Å². The fourth-order valence-corrected chi connectivity index (χ4v) is 3.86. The Kier molecular flexibility index (Phi) is 5.81. The van der Waals surface area contributed by atoms with E-state index in [-0.39, 0.29) is 17.1 Å². The topological polar surface area (TPSA) is 130 Å². The molecule has 1 aromatic heterocycles. The number of nitro benzene ring substituents is 1. The van der Waals surface area contributed by atoms with E-state index in [1.54, 1.807) is 0 Å². The summed E-state index contributed by atoms with van der Waals surface area (Å²) in [7, 11) is -3.83. The monoisotopic (exact) mass is 392 g/mol. The molecule has 0 unspecified atom stereocenters. The molecule has 0 aliphatic carbocycles. The van der Waals surface area contributed by atoms with Gasteiger partial charge in [0.2, 0.25) is 10.0 Å². The molecule has 1 aromatic carbocycles. The number of benzene rings is 1. The van der Waals surface area contributed by atoms with Crippen molar-refractivity contribution in [3.8, 4) is 0 Å². The zero-order valence-corrected chi connectivity index (χ0v) is 15.4. The smallest absolute Gasteiger partial charge is 0.270 e. The quantitative estimate of drug-likeness (QED) is 0.391. The van der Waals surface area contributed by atoms with Gasteiger partial charge in [0.25, 0.3) is 5.69 Å². The maximum atomic E-state index is 12.3. The van der Waals surface area contributed by atoms with E-state index in [1.165, 1.54) is 24.5 Å². The van der Waals surface area contributed by atoms with Gasteiger partial charge in [0.05, 0.1) is 9.82 Å². The second-order valence-electron chi connectivity index (χ2n) is 6.03. The van der Waals surface area contributed by atoms with Crippen LogP contribution in [0.4, 0.5) is 17.3 Å². The maximum Gasteiger partial charge on any atom is 0.270 e. The standard InChI is InChI=1S/C16H20N6O4S/c23-22(24)13-4-3-5-14(10-13)27(25,26)20-7-6-17-15-11-16(19-12-18-15)21-8-1-2-9-21/h3-5,10-12,20H,1-2,6-9H2,(H,17,18,19). The molecule has 2 aromatic rings. The van der Waals surface area contributed by atoms with E-state index in [2.05, 4.69) is 24.9 Å². The Labute approximate surface area is 156 Å². The van der Waals surface area contributed by atoms with Gasteiger partial charge in [-0.2, -0.15) is 0 Å². The lowest BCUT2D eigenvalue weighted by molar-refractivity contribution is -0.385. The van der Waals surface area contributed by atoms with Crippen LogP contribution < -0.4 is 14.9 Å². The van der Waals surface area contributed by atoms with Gasteiger partial charge in [-0.05, 0) is 18.9 Å². The first-order valence-electron chi connectivity index (χ1n) is 8.51. The summed E-state index contributed by atoms with van der Waals surface area (Å²) in [5.74, 6) is 1.46. The Morgan fingerprint density at radius 2 is 1.93 bits per heavy atom. The van der Waals surface area contributed by atoms with Crippen molar-refractivity contribution in [2.75, 3.05) is 36.4 Å². The molecule has 0 radical (unpaired) electrons. The molecular weight excluding hydrogens is 372 g/mol. The molecule has 144 valence electrons. The Balaban J connectivity index is 1.54. The molecule has 0 atom stereocenters. The highest BCUT2D eigenvalue weighted by Crippen LogP contribution is 2.19. The van der Waals surface area contributed by atoms with Crippen molar-refractivity contribution in [1.82, 2.24) is 14.7 Å². The van der Waals surface area contributed by atoms with Crippen LogP contribution in [0.25, 0.3) is 0 Å². The van der Waals surface area contributed by atoms with Gasteiger partial charge in [-0.1, -0.05) is 6.07 Å². The van der Waals surface area contributed by atoms with E-state index in [0.717, 1.165) is 37.8 Å². The molecule has 0 saturated carbocycles. The number of rotatable bonds is 8. The molecular formula is C16H20N6O4S. The van der Waals surface area contributed by atoms with E-state index in [0.29, 0.717) is 12.4 Å². The summed E-state index contributed by atoms with van der Waals surface area (Å²) in [5, 5.41) is 13.8. The third-order valence-corrected chi connectivity index (χ3v) is 5.60. The molecule has 2 heterocycles. The molecule has 0 amide bonds. The number of non-ortho nitro benzene ring substituents is 1. The summed E-state index contributed by atoms with van der Waals surface area (Å²) >= 11 is 0. The van der Waals surface area contributed by atoms with Gasteiger partial charge in [-0.15, -0.1) is 0 Å². The average Bonchev–Trinajstić information content (AvgIpc) is 3.20. The predicted molar refractivity (Wildman–Crippen MR) is 100 cm³/mol. The molecule has 10 nitrogen and oxygen atoms in total. The maximum absolute atomic E-state index is 12.3. The molecule has 11 heteroatoms. The third kappa shape index (κ3) is 4.89. The first-order chi connectivity index (χ1) is 13.0. The summed E-state index contributed by atoms with van der Waals surface area (Å²) < 4.78 is 26.9. The van der Waals surface area contributed by atoms with Crippen LogP contribution in [0.15, 0.2) is 41.6 Å². The van der Waals surface area contributed by atoms with Crippen molar-refractivity contribution < 1.29 is 13.3 Å². The Hall–Kier alpha value is -2.79. The first-order valence-corrected chi connectivity index (χ1v) is 9.99. The minimum Gasteiger partial charge on any atom is -0.369 e. The summed E-state index contributed by atoms with van der Waals surface area (Å²) in [6, 6.07) is 6.76. The van der Waals surface area contributed by atoms with Gasteiger partial charge in [-0.25, -0.2) is 23.1 Å². The third-order valence-electron chi connectivity index (χ3n) is 4.14. The average molecular weight is 392 g/mol. The Bertz CT molecular complexity index is 915. The van der Waals surface area contributed by atoms with Gasteiger partial charge in [-0.3, -0.25) is 10.1 Å². The largest absolute Gasteiger partial charge is 0.369 e. The molecule has 0 bridgehead atoms. The van der Waals surface area contributed by atoms with E-state index in [9.17, 15) is 18.5 Å². The van der Waals surface area contributed by atoms with Crippen molar-refractivity contribution in [2.45, 2.75) is 17.7 Å². The van der Waals surface area contributed by atoms with Crippen LogP contribution in [0.3, 0.4) is 0 Å². The normalized spacial score (nSPS) is 14.3. The molecule has 27 heavy (non-hydrogen) atoms. The molecule has 0 spiro atoms. The van der Waals surface area contributed by atoms with Crippen LogP contribution in [0, 0.1) is 10.1 Å². The van der Waals surface area contributed by atoms with Crippen molar-refractivity contribution in [2.24, 2.45) is 0 Å². The fraction of sp³-hybridized carbons (Fsp3) is 0.375. The van der Waals surface area contributed by atoms with Gasteiger partial charge in [0.1, 0.15) is 18.0 Å². The van der Waals surface area contributed by atoms with Gasteiger partial charge >= 0.3 is 0 Å². The lowest BCUT2D eigenvalue weighted by atomic mass is 10.3. The second kappa shape index (κ2) is 8.27. The molecule has 1 fully saturated rings. The molecule has 3 rings (SSSR count). The number of aromatic nitrogens is 2. The number of anilines is 2. The van der Waals surface area contributed by atoms with Crippen LogP contribution in [-0.2, 0) is 10.0 Å². The van der Waals surface area contributed by atoms with Crippen molar-refractivity contribution in [3.05, 3.63) is 46.8 Å². The number of nitrogens with one attached hydrogen (secondary N) is 2. The van der Waals surface area contributed by atoms with E-state index >= 15 is 0 Å². The second-order valence-corrected chi connectivity index (χ2v) is 7.80. The van der Waals surface area contributed by atoms with Crippen molar-refractivity contribution in [1.29, 1.82) is 0 Å². The molecule has 1 aliphatic rings. The van der Waals surface area contributed by atoms with Crippen LogP contribution in [0.2, 0.25) is 0 Å². The molecule has 1 saturated heterocycles. The van der Waals surface area contributed by atoms with Gasteiger partial charge in [0.15, 0.2) is 0 Å². The number of hydrogen-bond donors (Lipinski definition) is 2. The number of nitro groups is 1. The van der Waals surface area contributed by atoms with E-state index in [4.69, 9.17) is 0 Å². The lowest BCUT2D eigenvalue weighted by Crippen LogP contribution is -2.29. The number of sulfonamides is 1. The molecule has 1 aliphatic heterocycles. The minimum atomic E-state index is -3.83. The number of hydrogen-bond acceptors (Lipinski definition) is 8. The van der Waals surface area contributed by atoms with Crippen LogP contribution in [0.5, 0.6) is 0 Å². The zero-order valence-electron chi connectivity index (χ0n) is 14.5. The Morgan fingerprint density at radius 1 is 1.15 bits per heavy atom. The van der Waals surface area contributed by atoms with Crippen LogP contribution >= 0.6 is 0 Å². The summed E-state index contributed by atoms with van der Waals surface area (Å²) in [6.45, 7) is 2.36. The van der Waals surface area contributed by atoms with Crippen molar-refractivity contribution >= 4 is 27.3 Å². The fourth-order valence-electron chi connectivity index (χ4n) is 2.79. The Morgan fingerprint density at radius 3 is 2.67 bits per heavy atom. The van der Waals surface area contributed by atoms with Gasteiger partial charge in [0, 0.05) is 44.4 Å². The highest BCUT2D eigenvalue weighted by Gasteiger charge is 2.17. The highest BCUT2D eigenvalue weighted by atomic mass is 32.2. The summed E-state index contributed by atoms with van der Waals surface area (Å²) in [4.78, 5) is 20.6. The molecule has 2 N–H and O–H groups in total. The number of nitrogens with zero attached hydrogens (tertiary/aromatic N) is 4. The van der Waals surface area contributed by atoms with E-state index < -0.39 is 14.9 Å². The summed E-state index contributed by atoms with van der Waals surface area (Å²) in [5.41, 5.74) is -0.272. The SMILES string of the molecule is O=[N+]([O-])c1cccc(S(=O)(=O)NCCNc2cc(N3CCCC3)ncn2)c1. The predicted octanol–water partition coefficient (Wildman–Crippen LogP) is 1.38. The van der Waals surface area contributed by atoms with E-state index in [1.807, 2.05) is 6.07 Å². The highest BCUT2D eigenvalue weighted by molar-refractivity contribution is 7.89. The van der Waals surface area contributed by atoms with Crippen LogP contribution in [0.1, 0.15) is 12.8 Å². The first kappa shape index (κ1) is 19.0. The zero-order chi connectivity index (χ0) is 19.3. The lowest BCUT2D eigenvalue weighted by Gasteiger charge is -2.16. The van der Waals surface area contributed by atoms with Gasteiger partial charge < -0.3 is 10.2 Å². The van der Waals surface area contributed by atoms with Crippen molar-refractivity contribution in [3.63, 3.8) is 0 Å².